The summed E-state index contributed by atoms with van der Waals surface area (Å²) in [4.78, 5) is 0. The van der Waals surface area contributed by atoms with Crippen molar-refractivity contribution in [3.05, 3.63) is 377 Å². The van der Waals surface area contributed by atoms with E-state index in [4.69, 9.17) is 18.9 Å². The van der Waals surface area contributed by atoms with Gasteiger partial charge < -0.3 is 18.9 Å². The van der Waals surface area contributed by atoms with Gasteiger partial charge in [0.05, 0.1) is 0 Å². The summed E-state index contributed by atoms with van der Waals surface area (Å²) >= 11 is 7.22. The molecule has 0 radical (unpaired) electrons. The highest BCUT2D eigenvalue weighted by molar-refractivity contribution is 9.10. The number of ether oxygens (including phenoxy) is 4. The summed E-state index contributed by atoms with van der Waals surface area (Å²) in [5, 5.41) is 0. The Balaban J connectivity index is 0.984. The molecule has 4 nitrogen and oxygen atoms in total. The minimum atomic E-state index is 0.402. The zero-order chi connectivity index (χ0) is 60.9. The molecule has 0 fully saturated rings. The van der Waals surface area contributed by atoms with E-state index in [9.17, 15) is 0 Å². The average molecular weight is 1300 g/mol. The molecule has 6 heteroatoms. The van der Waals surface area contributed by atoms with Crippen molar-refractivity contribution >= 4 is 31.9 Å². The second-order valence-electron chi connectivity index (χ2n) is 23.5. The second-order valence-corrected chi connectivity index (χ2v) is 25.3. The van der Waals surface area contributed by atoms with Crippen molar-refractivity contribution in [2.24, 2.45) is 0 Å². The van der Waals surface area contributed by atoms with Gasteiger partial charge in [0.25, 0.3) is 0 Å². The van der Waals surface area contributed by atoms with Crippen molar-refractivity contribution < 1.29 is 18.9 Å². The summed E-state index contributed by atoms with van der Waals surface area (Å²) < 4.78 is 31.3. The Bertz CT molecular complexity index is 3950. The standard InChI is InChI=1S/C84H70Br2O4/c85-79-43-35-61(36-44-79)29-27-59-31-39-67(40-32-59)73-51-75-47-69-23-13-24-70(81(69)87-55-63-15-5-1-6-16-63)48-76-52-74(68-41-33-60(34-42-68)28-30-62-37-45-80(86)46-38-62)54-78(84(76)90-58-66-21-11-4-12-22-66)50-72-26-14-25-71(82(72)88-56-64-17-7-2-8-18-64)49-77(53-73)83(75)89-57-65-19-9-3-10-20-65/h1-26,31-46,51-54H,27-30,47-50,55-58H2. The molecule has 0 saturated carbocycles. The van der Waals surface area contributed by atoms with E-state index in [1.807, 2.05) is 0 Å². The lowest BCUT2D eigenvalue weighted by Crippen LogP contribution is -2.10. The highest BCUT2D eigenvalue weighted by atomic mass is 79.9. The van der Waals surface area contributed by atoms with Crippen LogP contribution in [0.5, 0.6) is 23.0 Å². The molecule has 0 aliphatic heterocycles. The van der Waals surface area contributed by atoms with Gasteiger partial charge in [0.2, 0.25) is 0 Å². The third-order valence-electron chi connectivity index (χ3n) is 17.1. The Morgan fingerprint density at radius 2 is 0.444 bits per heavy atom. The van der Waals surface area contributed by atoms with E-state index in [1.54, 1.807) is 0 Å². The number of fused-ring (bicyclic) bond motifs is 8. The number of aryl methyl sites for hydroxylation is 4. The topological polar surface area (TPSA) is 36.9 Å². The van der Waals surface area contributed by atoms with Crippen LogP contribution in [0.25, 0.3) is 22.3 Å². The fourth-order valence-corrected chi connectivity index (χ4v) is 12.8. The summed E-state index contributed by atoms with van der Waals surface area (Å²) in [6.45, 7) is 1.61. The van der Waals surface area contributed by atoms with Crippen molar-refractivity contribution in [3.63, 3.8) is 0 Å². The zero-order valence-corrected chi connectivity index (χ0v) is 53.6. The monoisotopic (exact) mass is 1300 g/mol. The summed E-state index contributed by atoms with van der Waals surface area (Å²) in [5.41, 5.74) is 22.7. The van der Waals surface area contributed by atoms with E-state index in [0.29, 0.717) is 52.1 Å². The third kappa shape index (κ3) is 15.3. The maximum Gasteiger partial charge on any atom is 0.126 e. The molecule has 12 aromatic rings. The molecule has 13 rings (SSSR count). The van der Waals surface area contributed by atoms with Crippen LogP contribution in [0.4, 0.5) is 0 Å². The highest BCUT2D eigenvalue weighted by Crippen LogP contribution is 2.43. The lowest BCUT2D eigenvalue weighted by atomic mass is 9.88. The lowest BCUT2D eigenvalue weighted by molar-refractivity contribution is 0.293. The largest absolute Gasteiger partial charge is 0.488 e. The lowest BCUT2D eigenvalue weighted by Gasteiger charge is -2.24. The molecule has 0 N–H and O–H groups in total. The third-order valence-corrected chi connectivity index (χ3v) is 18.1. The van der Waals surface area contributed by atoms with E-state index >= 15 is 0 Å². The molecule has 0 spiro atoms. The summed E-state index contributed by atoms with van der Waals surface area (Å²) in [6, 6.07) is 101. The van der Waals surface area contributed by atoms with Gasteiger partial charge in [-0.25, -0.2) is 0 Å². The minimum Gasteiger partial charge on any atom is -0.488 e. The van der Waals surface area contributed by atoms with Crippen molar-refractivity contribution in [3.8, 4) is 45.3 Å². The molecular formula is C84H70Br2O4. The van der Waals surface area contributed by atoms with Crippen LogP contribution in [-0.4, -0.2) is 0 Å². The van der Waals surface area contributed by atoms with Crippen LogP contribution in [0.1, 0.15) is 89.0 Å². The molecule has 0 aromatic heterocycles. The fourth-order valence-electron chi connectivity index (χ4n) is 12.3. The Labute approximate surface area is 547 Å². The predicted octanol–water partition coefficient (Wildman–Crippen LogP) is 21.1. The number of benzene rings is 12. The fraction of sp³-hybridized carbons (Fsp3) is 0.143. The van der Waals surface area contributed by atoms with Crippen LogP contribution in [-0.2, 0) is 77.8 Å². The number of halogens is 2. The summed E-state index contributed by atoms with van der Waals surface area (Å²) in [5.74, 6) is 3.46. The van der Waals surface area contributed by atoms with Crippen LogP contribution in [0.3, 0.4) is 0 Å². The van der Waals surface area contributed by atoms with Gasteiger partial charge in [-0.2, -0.15) is 0 Å². The van der Waals surface area contributed by atoms with Gasteiger partial charge in [0, 0.05) is 34.6 Å². The van der Waals surface area contributed by atoms with Crippen molar-refractivity contribution in [2.45, 2.75) is 77.8 Å². The van der Waals surface area contributed by atoms with Gasteiger partial charge in [-0.1, -0.05) is 262 Å². The molecule has 0 saturated heterocycles. The predicted molar refractivity (Wildman–Crippen MR) is 374 cm³/mol. The molecule has 8 bridgehead atoms. The van der Waals surface area contributed by atoms with E-state index in [0.717, 1.165) is 147 Å². The number of rotatable bonds is 20. The summed E-state index contributed by atoms with van der Waals surface area (Å²) in [6.07, 6.45) is 6.00. The summed E-state index contributed by atoms with van der Waals surface area (Å²) in [7, 11) is 0. The smallest absolute Gasteiger partial charge is 0.126 e. The van der Waals surface area contributed by atoms with E-state index in [-0.39, 0.29) is 0 Å². The Hall–Kier alpha value is -9.20. The van der Waals surface area contributed by atoms with E-state index in [2.05, 4.69) is 311 Å². The SMILES string of the molecule is Brc1ccc(CCc2ccc(-c3cc4c(OCc5ccccc5)c(c3)Cc3cccc(c3OCc3ccccc3)Cc3cc(-c5ccc(CCc6ccc(Br)cc6)cc5)cc(c3OCc3ccccc3)Cc3cccc(c3OCc3ccccc3)C4)cc2)cc1. The van der Waals surface area contributed by atoms with Crippen LogP contribution in [0.15, 0.2) is 288 Å². The molecular weight excluding hydrogens is 1230 g/mol. The van der Waals surface area contributed by atoms with Crippen LogP contribution in [0, 0.1) is 0 Å². The molecule has 1 aliphatic carbocycles. The molecule has 0 heterocycles. The van der Waals surface area contributed by atoms with Gasteiger partial charge in [0.15, 0.2) is 0 Å². The molecule has 0 unspecified atom stereocenters. The van der Waals surface area contributed by atoms with E-state index < -0.39 is 0 Å². The van der Waals surface area contributed by atoms with Crippen LogP contribution >= 0.6 is 31.9 Å². The second kappa shape index (κ2) is 29.0. The van der Waals surface area contributed by atoms with Gasteiger partial charge in [-0.15, -0.1) is 0 Å². The number of para-hydroxylation sites is 2. The average Bonchev–Trinajstić information content (AvgIpc) is 2.19. The van der Waals surface area contributed by atoms with Crippen LogP contribution in [0.2, 0.25) is 0 Å². The van der Waals surface area contributed by atoms with Crippen molar-refractivity contribution in [2.75, 3.05) is 0 Å². The number of hydrogen-bond acceptors (Lipinski definition) is 4. The van der Waals surface area contributed by atoms with Gasteiger partial charge in [-0.3, -0.25) is 0 Å². The molecule has 0 amide bonds. The van der Waals surface area contributed by atoms with Crippen LogP contribution < -0.4 is 18.9 Å². The van der Waals surface area contributed by atoms with Crippen molar-refractivity contribution in [1.29, 1.82) is 0 Å². The first kappa shape index (κ1) is 59.7. The maximum absolute atomic E-state index is 7.28. The molecule has 0 atom stereocenters. The zero-order valence-electron chi connectivity index (χ0n) is 50.4. The van der Waals surface area contributed by atoms with Crippen molar-refractivity contribution in [1.82, 2.24) is 0 Å². The molecule has 444 valence electrons. The first-order valence-corrected chi connectivity index (χ1v) is 32.8. The Kier molecular flexibility index (Phi) is 19.2. The Morgan fingerprint density at radius 3 is 0.700 bits per heavy atom. The quantitative estimate of drug-likeness (QED) is 0.0762. The normalized spacial score (nSPS) is 11.8. The maximum atomic E-state index is 7.28. The Morgan fingerprint density at radius 1 is 0.211 bits per heavy atom. The number of hydrogen-bond donors (Lipinski definition) is 0. The highest BCUT2D eigenvalue weighted by Gasteiger charge is 2.25. The molecule has 1 aliphatic rings. The van der Waals surface area contributed by atoms with E-state index in [1.165, 1.54) is 22.3 Å². The first-order valence-electron chi connectivity index (χ1n) is 31.2. The first-order chi connectivity index (χ1) is 44.3. The van der Waals surface area contributed by atoms with Gasteiger partial charge in [0.1, 0.15) is 49.4 Å². The molecule has 12 aromatic carbocycles. The van der Waals surface area contributed by atoms with Gasteiger partial charge in [-0.05, 0) is 185 Å². The molecule has 90 heavy (non-hydrogen) atoms. The minimum absolute atomic E-state index is 0.402. The van der Waals surface area contributed by atoms with Gasteiger partial charge >= 0.3 is 0 Å².